The summed E-state index contributed by atoms with van der Waals surface area (Å²) in [7, 11) is 0. The van der Waals surface area contributed by atoms with E-state index in [1.165, 1.54) is 18.2 Å². The quantitative estimate of drug-likeness (QED) is 0.470. The van der Waals surface area contributed by atoms with Gasteiger partial charge in [0.15, 0.2) is 11.5 Å². The number of phenolic OH excluding ortho intramolecular Hbond substituents is 2. The van der Waals surface area contributed by atoms with Crippen LogP contribution in [-0.4, -0.2) is 33.2 Å². The number of rotatable bonds is 6. The molecular weight excluding hydrogens is 274 g/mol. The standard InChI is InChI=1S/C15H19NO5/c1-3-4-9(2)14(19)16-11(15(20)21)7-10-5-6-12(17)13(18)8-10/h4-6,8,11,17-18H,3,7H2,1-2H3,(H,16,19)(H,20,21)/b9-4-/t11-/m0/s1. The van der Waals surface area contributed by atoms with Gasteiger partial charge in [-0.1, -0.05) is 19.1 Å². The number of carboxylic acid groups (broad SMARTS) is 1. The molecule has 0 saturated heterocycles. The van der Waals surface area contributed by atoms with Gasteiger partial charge in [-0.15, -0.1) is 0 Å². The van der Waals surface area contributed by atoms with Gasteiger partial charge in [-0.05, 0) is 31.0 Å². The van der Waals surface area contributed by atoms with Crippen LogP contribution in [0.5, 0.6) is 11.5 Å². The topological polar surface area (TPSA) is 107 Å². The molecule has 6 heteroatoms. The van der Waals surface area contributed by atoms with E-state index >= 15 is 0 Å². The SMILES string of the molecule is CC/C=C(/C)C(=O)N[C@@H](Cc1ccc(O)c(O)c1)C(=O)O. The van der Waals surface area contributed by atoms with Crippen LogP contribution in [0.25, 0.3) is 0 Å². The molecule has 0 aliphatic rings. The highest BCUT2D eigenvalue weighted by molar-refractivity contribution is 5.95. The average molecular weight is 293 g/mol. The van der Waals surface area contributed by atoms with Crippen molar-refractivity contribution in [3.05, 3.63) is 35.4 Å². The Bertz CT molecular complexity index is 565. The maximum Gasteiger partial charge on any atom is 0.326 e. The number of carboxylic acids is 1. The summed E-state index contributed by atoms with van der Waals surface area (Å²) < 4.78 is 0. The number of carbonyl (C=O) groups excluding carboxylic acids is 1. The molecule has 21 heavy (non-hydrogen) atoms. The predicted molar refractivity (Wildman–Crippen MR) is 77.1 cm³/mol. The summed E-state index contributed by atoms with van der Waals surface area (Å²) in [6.07, 6.45) is 2.40. The Morgan fingerprint density at radius 3 is 2.48 bits per heavy atom. The number of nitrogens with one attached hydrogen (secondary N) is 1. The highest BCUT2D eigenvalue weighted by Crippen LogP contribution is 2.25. The van der Waals surface area contributed by atoms with Crippen LogP contribution in [-0.2, 0) is 16.0 Å². The maximum absolute atomic E-state index is 11.8. The molecule has 0 heterocycles. The minimum absolute atomic E-state index is 0.00825. The Balaban J connectivity index is 2.83. The first kappa shape index (κ1) is 16.6. The van der Waals surface area contributed by atoms with Crippen LogP contribution in [0, 0.1) is 0 Å². The zero-order chi connectivity index (χ0) is 16.0. The number of benzene rings is 1. The molecule has 4 N–H and O–H groups in total. The Hall–Kier alpha value is -2.50. The number of aromatic hydroxyl groups is 2. The summed E-state index contributed by atoms with van der Waals surface area (Å²) >= 11 is 0. The lowest BCUT2D eigenvalue weighted by Crippen LogP contribution is -2.42. The molecule has 0 radical (unpaired) electrons. The lowest BCUT2D eigenvalue weighted by molar-refractivity contribution is -0.141. The summed E-state index contributed by atoms with van der Waals surface area (Å²) in [5, 5.41) is 30.2. The fourth-order valence-electron chi connectivity index (χ4n) is 1.80. The highest BCUT2D eigenvalue weighted by atomic mass is 16.4. The van der Waals surface area contributed by atoms with Gasteiger partial charge in [0, 0.05) is 12.0 Å². The van der Waals surface area contributed by atoms with Gasteiger partial charge in [-0.25, -0.2) is 4.79 Å². The summed E-state index contributed by atoms with van der Waals surface area (Å²) in [6, 6.07) is 2.92. The summed E-state index contributed by atoms with van der Waals surface area (Å²) in [5.41, 5.74) is 0.951. The molecule has 0 aliphatic heterocycles. The molecule has 0 unspecified atom stereocenters. The van der Waals surface area contributed by atoms with Gasteiger partial charge >= 0.3 is 5.97 Å². The molecule has 0 saturated carbocycles. The van der Waals surface area contributed by atoms with Crippen molar-refractivity contribution in [3.63, 3.8) is 0 Å². The van der Waals surface area contributed by atoms with Gasteiger partial charge < -0.3 is 20.6 Å². The van der Waals surface area contributed by atoms with Gasteiger partial charge in [0.2, 0.25) is 5.91 Å². The largest absolute Gasteiger partial charge is 0.504 e. The third kappa shape index (κ3) is 4.83. The van der Waals surface area contributed by atoms with E-state index in [0.717, 1.165) is 0 Å². The van der Waals surface area contributed by atoms with E-state index in [1.54, 1.807) is 13.0 Å². The second kappa shape index (κ2) is 7.33. The van der Waals surface area contributed by atoms with Crippen LogP contribution >= 0.6 is 0 Å². The van der Waals surface area contributed by atoms with E-state index in [4.69, 9.17) is 0 Å². The minimum atomic E-state index is -1.17. The third-order valence-electron chi connectivity index (χ3n) is 2.95. The average Bonchev–Trinajstić information content (AvgIpc) is 2.42. The van der Waals surface area contributed by atoms with Gasteiger partial charge in [0.05, 0.1) is 0 Å². The Kier molecular flexibility index (Phi) is 5.78. The fourth-order valence-corrected chi connectivity index (χ4v) is 1.80. The number of hydrogen-bond donors (Lipinski definition) is 4. The van der Waals surface area contributed by atoms with Gasteiger partial charge in [-0.2, -0.15) is 0 Å². The molecule has 0 spiro atoms. The molecule has 1 amide bonds. The smallest absolute Gasteiger partial charge is 0.326 e. The van der Waals surface area contributed by atoms with Crippen LogP contribution in [0.15, 0.2) is 29.8 Å². The monoisotopic (exact) mass is 293 g/mol. The molecule has 6 nitrogen and oxygen atoms in total. The number of hydrogen-bond acceptors (Lipinski definition) is 4. The van der Waals surface area contributed by atoms with E-state index in [9.17, 15) is 24.9 Å². The van der Waals surface area contributed by atoms with Gasteiger partial charge in [0.25, 0.3) is 0 Å². The summed E-state index contributed by atoms with van der Waals surface area (Å²) in [4.78, 5) is 23.1. The van der Waals surface area contributed by atoms with Crippen molar-refractivity contribution in [1.29, 1.82) is 0 Å². The van der Waals surface area contributed by atoms with Crippen LogP contribution < -0.4 is 5.32 Å². The zero-order valence-corrected chi connectivity index (χ0v) is 12.0. The van der Waals surface area contributed by atoms with Crippen LogP contribution in [0.1, 0.15) is 25.8 Å². The third-order valence-corrected chi connectivity index (χ3v) is 2.95. The second-order valence-corrected chi connectivity index (χ2v) is 4.69. The maximum atomic E-state index is 11.8. The van der Waals surface area contributed by atoms with Crippen molar-refractivity contribution in [2.24, 2.45) is 0 Å². The second-order valence-electron chi connectivity index (χ2n) is 4.69. The first-order valence-corrected chi connectivity index (χ1v) is 6.56. The van der Waals surface area contributed by atoms with Crippen molar-refractivity contribution >= 4 is 11.9 Å². The van der Waals surface area contributed by atoms with Crippen molar-refractivity contribution in [1.82, 2.24) is 5.32 Å². The van der Waals surface area contributed by atoms with Crippen molar-refractivity contribution < 1.29 is 24.9 Å². The number of carbonyl (C=O) groups is 2. The molecular formula is C15H19NO5. The van der Waals surface area contributed by atoms with E-state index in [-0.39, 0.29) is 17.9 Å². The fraction of sp³-hybridized carbons (Fsp3) is 0.333. The summed E-state index contributed by atoms with van der Waals surface area (Å²) in [5.74, 6) is -2.21. The number of amides is 1. The minimum Gasteiger partial charge on any atom is -0.504 e. The van der Waals surface area contributed by atoms with Crippen molar-refractivity contribution in [2.75, 3.05) is 0 Å². The normalized spacial score (nSPS) is 12.8. The van der Waals surface area contributed by atoms with Crippen molar-refractivity contribution in [2.45, 2.75) is 32.7 Å². The first-order valence-electron chi connectivity index (χ1n) is 6.56. The predicted octanol–water partition coefficient (Wildman–Crippen LogP) is 1.57. The Morgan fingerprint density at radius 2 is 1.95 bits per heavy atom. The van der Waals surface area contributed by atoms with Crippen LogP contribution in [0.4, 0.5) is 0 Å². The first-order chi connectivity index (χ1) is 9.85. The van der Waals surface area contributed by atoms with E-state index < -0.39 is 17.9 Å². The van der Waals surface area contributed by atoms with Crippen molar-refractivity contribution in [3.8, 4) is 11.5 Å². The van der Waals surface area contributed by atoms with E-state index in [1.807, 2.05) is 6.92 Å². The molecule has 114 valence electrons. The number of phenols is 2. The Morgan fingerprint density at radius 1 is 1.29 bits per heavy atom. The van der Waals surface area contributed by atoms with Crippen LogP contribution in [0.2, 0.25) is 0 Å². The molecule has 0 aromatic heterocycles. The number of allylic oxidation sites excluding steroid dienone is 1. The summed E-state index contributed by atoms with van der Waals surface area (Å²) in [6.45, 7) is 3.49. The van der Waals surface area contributed by atoms with E-state index in [0.29, 0.717) is 17.6 Å². The molecule has 1 aromatic rings. The van der Waals surface area contributed by atoms with Gasteiger partial charge in [0.1, 0.15) is 6.04 Å². The van der Waals surface area contributed by atoms with Crippen LogP contribution in [0.3, 0.4) is 0 Å². The molecule has 1 rings (SSSR count). The molecule has 1 atom stereocenters. The molecule has 0 bridgehead atoms. The lowest BCUT2D eigenvalue weighted by Gasteiger charge is -2.15. The lowest BCUT2D eigenvalue weighted by atomic mass is 10.0. The molecule has 0 aliphatic carbocycles. The highest BCUT2D eigenvalue weighted by Gasteiger charge is 2.21. The molecule has 1 aromatic carbocycles. The Labute approximate surface area is 122 Å². The van der Waals surface area contributed by atoms with E-state index in [2.05, 4.69) is 5.32 Å². The zero-order valence-electron chi connectivity index (χ0n) is 12.0. The number of aliphatic carboxylic acids is 1. The molecule has 0 fully saturated rings. The van der Waals surface area contributed by atoms with Gasteiger partial charge in [-0.3, -0.25) is 4.79 Å².